The Hall–Kier alpha value is -1.85. The van der Waals surface area contributed by atoms with Crippen molar-refractivity contribution in [2.75, 3.05) is 11.9 Å². The Morgan fingerprint density at radius 1 is 1.47 bits per heavy atom. The van der Waals surface area contributed by atoms with Crippen molar-refractivity contribution in [3.8, 4) is 0 Å². The highest BCUT2D eigenvalue weighted by molar-refractivity contribution is 5.98. The highest BCUT2D eigenvalue weighted by atomic mass is 16.2. The van der Waals surface area contributed by atoms with Gasteiger partial charge in [-0.15, -0.1) is 0 Å². The first kappa shape index (κ1) is 13.6. The minimum atomic E-state index is -0.460. The van der Waals surface area contributed by atoms with Crippen molar-refractivity contribution in [2.24, 2.45) is 5.41 Å². The van der Waals surface area contributed by atoms with Crippen LogP contribution in [-0.2, 0) is 9.59 Å². The van der Waals surface area contributed by atoms with Crippen LogP contribution in [0.1, 0.15) is 33.6 Å². The number of hydrogen-bond donors (Lipinski definition) is 2. The molecule has 0 aliphatic carbocycles. The number of likely N-dealkylation sites (tertiary alicyclic amines) is 1. The Balaban J connectivity index is 2.06. The average molecular weight is 264 g/mol. The van der Waals surface area contributed by atoms with Crippen LogP contribution in [0.15, 0.2) is 12.4 Å². The molecule has 1 aliphatic rings. The van der Waals surface area contributed by atoms with Gasteiger partial charge >= 0.3 is 0 Å². The summed E-state index contributed by atoms with van der Waals surface area (Å²) in [5.74, 6) is -0.117. The van der Waals surface area contributed by atoms with Crippen LogP contribution in [0.25, 0.3) is 0 Å². The molecule has 6 heteroatoms. The summed E-state index contributed by atoms with van der Waals surface area (Å²) in [5.41, 5.74) is 0.165. The van der Waals surface area contributed by atoms with Gasteiger partial charge in [-0.1, -0.05) is 20.8 Å². The Morgan fingerprint density at radius 3 is 2.79 bits per heavy atom. The number of anilines is 1. The van der Waals surface area contributed by atoms with E-state index in [2.05, 4.69) is 15.5 Å². The number of aromatic nitrogens is 2. The lowest BCUT2D eigenvalue weighted by molar-refractivity contribution is -0.143. The second kappa shape index (κ2) is 5.03. The van der Waals surface area contributed by atoms with Crippen LogP contribution in [0.5, 0.6) is 0 Å². The average Bonchev–Trinajstić information content (AvgIpc) is 2.96. The van der Waals surface area contributed by atoms with Crippen molar-refractivity contribution in [3.05, 3.63) is 12.4 Å². The molecule has 0 radical (unpaired) electrons. The summed E-state index contributed by atoms with van der Waals surface area (Å²) in [5, 5.41) is 9.19. The largest absolute Gasteiger partial charge is 0.330 e. The van der Waals surface area contributed by atoms with E-state index in [9.17, 15) is 9.59 Å². The van der Waals surface area contributed by atoms with Crippen LogP contribution in [0.2, 0.25) is 0 Å². The van der Waals surface area contributed by atoms with Gasteiger partial charge in [-0.2, -0.15) is 5.10 Å². The number of carbonyl (C=O) groups is 2. The van der Waals surface area contributed by atoms with Gasteiger partial charge in [-0.25, -0.2) is 0 Å². The van der Waals surface area contributed by atoms with E-state index in [0.29, 0.717) is 18.7 Å². The van der Waals surface area contributed by atoms with Gasteiger partial charge in [-0.05, 0) is 12.8 Å². The summed E-state index contributed by atoms with van der Waals surface area (Å²) in [4.78, 5) is 26.2. The van der Waals surface area contributed by atoms with Crippen LogP contribution < -0.4 is 5.32 Å². The third kappa shape index (κ3) is 2.94. The van der Waals surface area contributed by atoms with Gasteiger partial charge in [0.2, 0.25) is 11.8 Å². The molecule has 2 N–H and O–H groups in total. The fraction of sp³-hybridized carbons (Fsp3) is 0.615. The molecule has 2 amide bonds. The molecule has 0 spiro atoms. The molecule has 1 fully saturated rings. The van der Waals surface area contributed by atoms with Crippen molar-refractivity contribution in [1.82, 2.24) is 15.1 Å². The highest BCUT2D eigenvalue weighted by Gasteiger charge is 2.38. The molecule has 104 valence electrons. The predicted molar refractivity (Wildman–Crippen MR) is 71.4 cm³/mol. The van der Waals surface area contributed by atoms with Crippen LogP contribution in [-0.4, -0.2) is 39.5 Å². The predicted octanol–water partition coefficient (Wildman–Crippen LogP) is 1.39. The quantitative estimate of drug-likeness (QED) is 0.847. The van der Waals surface area contributed by atoms with Crippen LogP contribution in [0, 0.1) is 5.41 Å². The lowest BCUT2D eigenvalue weighted by atomic mass is 9.94. The third-order valence-electron chi connectivity index (χ3n) is 3.22. The van der Waals surface area contributed by atoms with E-state index in [4.69, 9.17) is 0 Å². The summed E-state index contributed by atoms with van der Waals surface area (Å²) < 4.78 is 0. The van der Waals surface area contributed by atoms with Gasteiger partial charge < -0.3 is 10.2 Å². The van der Waals surface area contributed by atoms with Gasteiger partial charge in [0.1, 0.15) is 6.04 Å². The fourth-order valence-corrected chi connectivity index (χ4v) is 2.26. The van der Waals surface area contributed by atoms with E-state index < -0.39 is 5.41 Å². The molecule has 1 aromatic rings. The summed E-state index contributed by atoms with van der Waals surface area (Å²) >= 11 is 0. The van der Waals surface area contributed by atoms with E-state index >= 15 is 0 Å². The van der Waals surface area contributed by atoms with Gasteiger partial charge in [0.15, 0.2) is 0 Å². The van der Waals surface area contributed by atoms with Crippen LogP contribution in [0.4, 0.5) is 5.69 Å². The number of hydrogen-bond acceptors (Lipinski definition) is 3. The molecule has 0 saturated carbocycles. The molecule has 1 aromatic heterocycles. The monoisotopic (exact) mass is 264 g/mol. The van der Waals surface area contributed by atoms with Crippen molar-refractivity contribution < 1.29 is 9.59 Å². The summed E-state index contributed by atoms with van der Waals surface area (Å²) in [6.07, 6.45) is 4.74. The maximum Gasteiger partial charge on any atom is 0.247 e. The van der Waals surface area contributed by atoms with Gasteiger partial charge in [0.25, 0.3) is 0 Å². The zero-order valence-electron chi connectivity index (χ0n) is 11.6. The second-order valence-corrected chi connectivity index (χ2v) is 5.88. The van der Waals surface area contributed by atoms with E-state index in [1.54, 1.807) is 17.3 Å². The minimum Gasteiger partial charge on any atom is -0.330 e. The number of rotatable bonds is 2. The summed E-state index contributed by atoms with van der Waals surface area (Å²) in [6, 6.07) is -0.373. The molecular weight excluding hydrogens is 244 g/mol. The molecule has 2 heterocycles. The molecule has 1 saturated heterocycles. The Morgan fingerprint density at radius 2 is 2.21 bits per heavy atom. The molecular formula is C13H20N4O2. The lowest BCUT2D eigenvalue weighted by Crippen LogP contribution is -2.47. The molecule has 1 atom stereocenters. The number of nitrogens with zero attached hydrogens (tertiary/aromatic N) is 2. The minimum absolute atomic E-state index is 0.0253. The molecule has 0 aromatic carbocycles. The van der Waals surface area contributed by atoms with Gasteiger partial charge in [-0.3, -0.25) is 14.7 Å². The van der Waals surface area contributed by atoms with Gasteiger partial charge in [0.05, 0.1) is 11.9 Å². The smallest absolute Gasteiger partial charge is 0.247 e. The van der Waals surface area contributed by atoms with E-state index in [0.717, 1.165) is 6.42 Å². The zero-order valence-corrected chi connectivity index (χ0v) is 11.6. The van der Waals surface area contributed by atoms with Crippen molar-refractivity contribution >= 4 is 17.5 Å². The molecule has 1 unspecified atom stereocenters. The number of aromatic amines is 1. The first-order valence-corrected chi connectivity index (χ1v) is 6.50. The number of carbonyl (C=O) groups excluding carboxylic acids is 2. The summed E-state index contributed by atoms with van der Waals surface area (Å²) in [7, 11) is 0. The standard InChI is InChI=1S/C13H20N4O2/c1-13(2,3)12(19)17-6-4-5-10(17)11(18)16-9-7-14-15-8-9/h7-8,10H,4-6H2,1-3H3,(H,14,15)(H,16,18). The molecule has 2 rings (SSSR count). The Labute approximate surface area is 112 Å². The second-order valence-electron chi connectivity index (χ2n) is 5.88. The van der Waals surface area contributed by atoms with E-state index in [-0.39, 0.29) is 17.9 Å². The Bertz CT molecular complexity index is 461. The Kier molecular flexibility index (Phi) is 3.59. The topological polar surface area (TPSA) is 78.1 Å². The third-order valence-corrected chi connectivity index (χ3v) is 3.22. The normalized spacial score (nSPS) is 19.5. The zero-order chi connectivity index (χ0) is 14.0. The maximum atomic E-state index is 12.3. The number of nitrogens with one attached hydrogen (secondary N) is 2. The number of H-pyrrole nitrogens is 1. The van der Waals surface area contributed by atoms with E-state index in [1.165, 1.54) is 0 Å². The SMILES string of the molecule is CC(C)(C)C(=O)N1CCCC1C(=O)Nc1cn[nH]c1. The molecule has 6 nitrogen and oxygen atoms in total. The molecule has 0 bridgehead atoms. The van der Waals surface area contributed by atoms with Crippen LogP contribution in [0.3, 0.4) is 0 Å². The maximum absolute atomic E-state index is 12.3. The number of amides is 2. The van der Waals surface area contributed by atoms with Crippen LogP contribution >= 0.6 is 0 Å². The van der Waals surface area contributed by atoms with E-state index in [1.807, 2.05) is 20.8 Å². The first-order chi connectivity index (χ1) is 8.89. The van der Waals surface area contributed by atoms with Crippen molar-refractivity contribution in [3.63, 3.8) is 0 Å². The van der Waals surface area contributed by atoms with Gasteiger partial charge in [0, 0.05) is 18.2 Å². The summed E-state index contributed by atoms with van der Waals surface area (Å²) in [6.45, 7) is 6.27. The molecule has 19 heavy (non-hydrogen) atoms. The lowest BCUT2D eigenvalue weighted by Gasteiger charge is -2.30. The van der Waals surface area contributed by atoms with Crippen molar-refractivity contribution in [1.29, 1.82) is 0 Å². The molecule has 1 aliphatic heterocycles. The fourth-order valence-electron chi connectivity index (χ4n) is 2.26. The highest BCUT2D eigenvalue weighted by Crippen LogP contribution is 2.26. The van der Waals surface area contributed by atoms with Crippen molar-refractivity contribution in [2.45, 2.75) is 39.7 Å². The first-order valence-electron chi connectivity index (χ1n) is 6.50.